The first-order chi connectivity index (χ1) is 8.31. The Hall–Kier alpha value is -0.380. The van der Waals surface area contributed by atoms with Crippen LogP contribution in [0.25, 0.3) is 0 Å². The number of hydrogen-bond acceptors (Lipinski definition) is 3. The van der Waals surface area contributed by atoms with Crippen LogP contribution in [-0.2, 0) is 0 Å². The third kappa shape index (κ3) is 2.13. The summed E-state index contributed by atoms with van der Waals surface area (Å²) in [5.41, 5.74) is -0.0241. The van der Waals surface area contributed by atoms with Gasteiger partial charge in [0.15, 0.2) is 0 Å². The van der Waals surface area contributed by atoms with Crippen molar-refractivity contribution >= 4 is 0 Å². The molecule has 0 spiro atoms. The summed E-state index contributed by atoms with van der Waals surface area (Å²) in [7, 11) is 0. The Morgan fingerprint density at radius 3 is 2.56 bits per heavy atom. The summed E-state index contributed by atoms with van der Waals surface area (Å²) < 4.78 is 0. The molecule has 0 aromatic carbocycles. The van der Waals surface area contributed by atoms with Crippen LogP contribution >= 0.6 is 0 Å². The van der Waals surface area contributed by atoms with Gasteiger partial charge in [0.2, 0.25) is 0 Å². The van der Waals surface area contributed by atoms with Crippen LogP contribution in [0.5, 0.6) is 0 Å². The molecule has 0 unspecified atom stereocenters. The lowest BCUT2D eigenvalue weighted by molar-refractivity contribution is -0.171. The maximum atomic E-state index is 10.6. The molecule has 2 aliphatic carbocycles. The minimum Gasteiger partial charge on any atom is -0.393 e. The number of aliphatic hydroxyl groups excluding tert-OH is 2. The number of rotatable bonds is 2. The van der Waals surface area contributed by atoms with E-state index < -0.39 is 5.60 Å². The second-order valence-electron chi connectivity index (χ2n) is 6.76. The third-order valence-electron chi connectivity index (χ3n) is 5.56. The van der Waals surface area contributed by atoms with Gasteiger partial charge in [-0.2, -0.15) is 0 Å². The molecule has 0 aromatic rings. The molecule has 2 rings (SSSR count). The highest BCUT2D eigenvalue weighted by Crippen LogP contribution is 2.56. The topological polar surface area (TPSA) is 60.7 Å². The molecule has 0 radical (unpaired) electrons. The molecule has 0 amide bonds. The fourth-order valence-electron chi connectivity index (χ4n) is 4.13. The van der Waals surface area contributed by atoms with Crippen molar-refractivity contribution in [2.45, 2.75) is 57.7 Å². The zero-order valence-electron chi connectivity index (χ0n) is 11.5. The van der Waals surface area contributed by atoms with Crippen molar-refractivity contribution in [3.8, 4) is 0 Å². The minimum absolute atomic E-state index is 0.0266. The van der Waals surface area contributed by atoms with Gasteiger partial charge in [0.25, 0.3) is 0 Å². The quantitative estimate of drug-likeness (QED) is 0.659. The van der Waals surface area contributed by atoms with Crippen molar-refractivity contribution in [3.63, 3.8) is 0 Å². The first-order valence-electron chi connectivity index (χ1n) is 7.00. The van der Waals surface area contributed by atoms with Crippen LogP contribution < -0.4 is 0 Å². The van der Waals surface area contributed by atoms with Gasteiger partial charge in [0, 0.05) is 0 Å². The molecule has 5 atom stereocenters. The summed E-state index contributed by atoms with van der Waals surface area (Å²) in [6.45, 7) is 7.96. The predicted molar refractivity (Wildman–Crippen MR) is 71.0 cm³/mol. The van der Waals surface area contributed by atoms with Gasteiger partial charge in [0.1, 0.15) is 0 Å². The van der Waals surface area contributed by atoms with Crippen molar-refractivity contribution in [1.82, 2.24) is 0 Å². The molecule has 2 fully saturated rings. The minimum atomic E-state index is -0.706. The molecular formula is C15H26O3. The smallest absolute Gasteiger partial charge is 0.0655 e. The van der Waals surface area contributed by atoms with Crippen molar-refractivity contribution in [3.05, 3.63) is 12.2 Å². The molecule has 0 bridgehead atoms. The molecule has 0 heterocycles. The van der Waals surface area contributed by atoms with Crippen LogP contribution in [0.4, 0.5) is 0 Å². The van der Waals surface area contributed by atoms with E-state index in [0.29, 0.717) is 12.8 Å². The molecule has 18 heavy (non-hydrogen) atoms. The van der Waals surface area contributed by atoms with E-state index in [1.807, 2.05) is 6.92 Å². The van der Waals surface area contributed by atoms with Crippen molar-refractivity contribution < 1.29 is 15.3 Å². The van der Waals surface area contributed by atoms with Gasteiger partial charge >= 0.3 is 0 Å². The summed E-state index contributed by atoms with van der Waals surface area (Å²) >= 11 is 0. The first kappa shape index (κ1) is 14.0. The third-order valence-corrected chi connectivity index (χ3v) is 5.56. The summed E-state index contributed by atoms with van der Waals surface area (Å²) in [4.78, 5) is 0. The van der Waals surface area contributed by atoms with E-state index in [1.165, 1.54) is 0 Å². The molecule has 0 saturated heterocycles. The Kier molecular flexibility index (Phi) is 3.60. The predicted octanol–water partition coefficient (Wildman–Crippen LogP) is 1.86. The number of hydrogen-bond donors (Lipinski definition) is 3. The van der Waals surface area contributed by atoms with Gasteiger partial charge in [-0.25, -0.2) is 0 Å². The lowest BCUT2D eigenvalue weighted by Crippen LogP contribution is -2.57. The van der Waals surface area contributed by atoms with E-state index in [0.717, 1.165) is 24.8 Å². The lowest BCUT2D eigenvalue weighted by atomic mass is 9.52. The van der Waals surface area contributed by atoms with Crippen molar-refractivity contribution in [2.24, 2.45) is 17.3 Å². The van der Waals surface area contributed by atoms with Gasteiger partial charge in [-0.1, -0.05) is 13.5 Å². The molecule has 3 N–H and O–H groups in total. The monoisotopic (exact) mass is 254 g/mol. The second-order valence-corrected chi connectivity index (χ2v) is 6.76. The average molecular weight is 254 g/mol. The normalized spacial score (nSPS) is 48.6. The summed E-state index contributed by atoms with van der Waals surface area (Å²) in [5.74, 6) is 0.376. The molecule has 2 aliphatic rings. The summed E-state index contributed by atoms with van der Waals surface area (Å²) in [5, 5.41) is 30.1. The maximum absolute atomic E-state index is 10.6. The Bertz CT molecular complexity index is 337. The van der Waals surface area contributed by atoms with Gasteiger partial charge in [0.05, 0.1) is 18.3 Å². The fraction of sp³-hybridized carbons (Fsp3) is 0.867. The molecule has 0 aliphatic heterocycles. The molecule has 104 valence electrons. The van der Waals surface area contributed by atoms with E-state index in [2.05, 4.69) is 13.5 Å². The number of fused-ring (bicyclic) bond motifs is 1. The molecular weight excluding hydrogens is 228 g/mol. The largest absolute Gasteiger partial charge is 0.393 e. The van der Waals surface area contributed by atoms with Crippen molar-refractivity contribution in [2.75, 3.05) is 6.61 Å². The van der Waals surface area contributed by atoms with Gasteiger partial charge in [-0.05, 0) is 61.9 Å². The van der Waals surface area contributed by atoms with E-state index in [4.69, 9.17) is 0 Å². The van der Waals surface area contributed by atoms with Crippen LogP contribution in [0.1, 0.15) is 46.0 Å². The van der Waals surface area contributed by atoms with Gasteiger partial charge in [-0.3, -0.25) is 0 Å². The Morgan fingerprint density at radius 2 is 1.94 bits per heavy atom. The van der Waals surface area contributed by atoms with Crippen LogP contribution in [0.2, 0.25) is 0 Å². The summed E-state index contributed by atoms with van der Waals surface area (Å²) in [6.07, 6.45) is 3.72. The van der Waals surface area contributed by atoms with Crippen LogP contribution in [0.3, 0.4) is 0 Å². The highest BCUT2D eigenvalue weighted by molar-refractivity contribution is 5.11. The maximum Gasteiger partial charge on any atom is 0.0655 e. The first-order valence-corrected chi connectivity index (χ1v) is 7.00. The van der Waals surface area contributed by atoms with Crippen molar-refractivity contribution in [1.29, 1.82) is 0 Å². The zero-order chi connectivity index (χ0) is 13.6. The molecule has 3 nitrogen and oxygen atoms in total. The Labute approximate surface area is 110 Å². The van der Waals surface area contributed by atoms with E-state index in [1.54, 1.807) is 0 Å². The van der Waals surface area contributed by atoms with Crippen LogP contribution in [0.15, 0.2) is 12.2 Å². The molecule has 0 aromatic heterocycles. The standard InChI is InChI=1S/C15H26O3/c1-10(9-16)11-4-6-14(2)12(8-11)15(3,18)7-5-13(14)17/h11-13,16-18H,1,4-9H2,2-3H3/t11-,12-,13-,14-,15+/m1/s1. The SMILES string of the molecule is C=C(CO)[C@@H]1CC[C@@]2(C)[C@H](O)CC[C@](C)(O)[C@@H]2C1. The Morgan fingerprint density at radius 1 is 1.28 bits per heavy atom. The van der Waals surface area contributed by atoms with E-state index in [9.17, 15) is 15.3 Å². The van der Waals surface area contributed by atoms with Crippen LogP contribution in [0, 0.1) is 17.3 Å². The Balaban J connectivity index is 2.23. The van der Waals surface area contributed by atoms with E-state index >= 15 is 0 Å². The molecule has 2 saturated carbocycles. The highest BCUT2D eigenvalue weighted by Gasteiger charge is 2.55. The summed E-state index contributed by atoms with van der Waals surface area (Å²) in [6, 6.07) is 0. The van der Waals surface area contributed by atoms with Gasteiger partial charge < -0.3 is 15.3 Å². The van der Waals surface area contributed by atoms with Gasteiger partial charge in [-0.15, -0.1) is 0 Å². The average Bonchev–Trinajstić information content (AvgIpc) is 2.34. The number of aliphatic hydroxyl groups is 3. The highest BCUT2D eigenvalue weighted by atomic mass is 16.3. The second kappa shape index (κ2) is 4.62. The lowest BCUT2D eigenvalue weighted by Gasteiger charge is -2.56. The van der Waals surface area contributed by atoms with Crippen LogP contribution in [-0.4, -0.2) is 33.6 Å². The van der Waals surface area contributed by atoms with E-state index in [-0.39, 0.29) is 30.0 Å². The fourth-order valence-corrected chi connectivity index (χ4v) is 4.13. The zero-order valence-corrected chi connectivity index (χ0v) is 11.5. The molecule has 3 heteroatoms.